The van der Waals surface area contributed by atoms with Crippen molar-refractivity contribution in [1.82, 2.24) is 29.7 Å². The van der Waals surface area contributed by atoms with E-state index in [9.17, 15) is 4.79 Å². The van der Waals surface area contributed by atoms with Crippen molar-refractivity contribution in [2.75, 3.05) is 36.4 Å². The number of rotatable bonds is 4. The monoisotopic (exact) mass is 436 g/mol. The summed E-state index contributed by atoms with van der Waals surface area (Å²) in [6, 6.07) is 12.9. The third-order valence-electron chi connectivity index (χ3n) is 5.29. The predicted octanol–water partition coefficient (Wildman–Crippen LogP) is 3.12. The molecule has 0 saturated carbocycles. The molecule has 0 atom stereocenters. The summed E-state index contributed by atoms with van der Waals surface area (Å²) in [5.41, 5.74) is 2.35. The van der Waals surface area contributed by atoms with Gasteiger partial charge in [0, 0.05) is 44.1 Å². The first-order valence-corrected chi connectivity index (χ1v) is 10.4. The number of benzene rings is 1. The molecule has 9 nitrogen and oxygen atoms in total. The van der Waals surface area contributed by atoms with Crippen molar-refractivity contribution in [3.05, 3.63) is 64.9 Å². The number of fused-ring (bicyclic) bond motifs is 1. The number of carbonyl (C=O) groups excluding carboxylic acids is 1. The maximum Gasteiger partial charge on any atom is 0.255 e. The van der Waals surface area contributed by atoms with Gasteiger partial charge < -0.3 is 15.1 Å². The van der Waals surface area contributed by atoms with Crippen LogP contribution in [-0.4, -0.2) is 61.8 Å². The van der Waals surface area contributed by atoms with Gasteiger partial charge in [0.1, 0.15) is 5.52 Å². The third-order valence-corrected chi connectivity index (χ3v) is 5.62. The molecule has 1 aliphatic heterocycles. The summed E-state index contributed by atoms with van der Waals surface area (Å²) in [7, 11) is 0. The Labute approximate surface area is 183 Å². The Morgan fingerprint density at radius 2 is 1.94 bits per heavy atom. The van der Waals surface area contributed by atoms with E-state index < -0.39 is 0 Å². The zero-order valence-electron chi connectivity index (χ0n) is 16.9. The van der Waals surface area contributed by atoms with Crippen LogP contribution in [0.4, 0.5) is 17.6 Å². The van der Waals surface area contributed by atoms with Gasteiger partial charge in [-0.1, -0.05) is 23.7 Å². The SMILES string of the molecule is Cc1cc(Nc2nc(N3CCN(C(=O)c4ccccc4Cl)CC3)nn3cccc23)n[nH]1. The highest BCUT2D eigenvalue weighted by Crippen LogP contribution is 2.23. The van der Waals surface area contributed by atoms with Crippen molar-refractivity contribution in [3.63, 3.8) is 0 Å². The van der Waals surface area contributed by atoms with Crippen molar-refractivity contribution in [3.8, 4) is 0 Å². The summed E-state index contributed by atoms with van der Waals surface area (Å²) in [4.78, 5) is 21.5. The minimum absolute atomic E-state index is 0.0525. The first-order chi connectivity index (χ1) is 15.1. The third kappa shape index (κ3) is 3.79. The molecule has 1 aliphatic rings. The minimum atomic E-state index is -0.0525. The summed E-state index contributed by atoms with van der Waals surface area (Å²) >= 11 is 6.20. The zero-order valence-corrected chi connectivity index (χ0v) is 17.7. The molecule has 31 heavy (non-hydrogen) atoms. The number of aryl methyl sites for hydroxylation is 1. The molecule has 2 N–H and O–H groups in total. The molecule has 158 valence electrons. The number of nitrogens with zero attached hydrogens (tertiary/aromatic N) is 6. The number of hydrogen-bond donors (Lipinski definition) is 2. The van der Waals surface area contributed by atoms with E-state index in [0.29, 0.717) is 54.3 Å². The average molecular weight is 437 g/mol. The molecule has 5 rings (SSSR count). The summed E-state index contributed by atoms with van der Waals surface area (Å²) in [6.07, 6.45) is 1.89. The van der Waals surface area contributed by atoms with Crippen LogP contribution < -0.4 is 10.2 Å². The number of hydrogen-bond acceptors (Lipinski definition) is 6. The molecule has 1 saturated heterocycles. The largest absolute Gasteiger partial charge is 0.336 e. The smallest absolute Gasteiger partial charge is 0.255 e. The Morgan fingerprint density at radius 3 is 2.68 bits per heavy atom. The van der Waals surface area contributed by atoms with Crippen LogP contribution in [0, 0.1) is 6.92 Å². The van der Waals surface area contributed by atoms with Gasteiger partial charge in [0.25, 0.3) is 5.91 Å². The summed E-state index contributed by atoms with van der Waals surface area (Å²) in [5, 5.41) is 15.5. The summed E-state index contributed by atoms with van der Waals surface area (Å²) < 4.78 is 1.80. The quantitative estimate of drug-likeness (QED) is 0.510. The number of halogens is 1. The van der Waals surface area contributed by atoms with Crippen LogP contribution in [-0.2, 0) is 0 Å². The van der Waals surface area contributed by atoms with E-state index in [2.05, 4.69) is 25.5 Å². The van der Waals surface area contributed by atoms with Crippen LogP contribution in [0.25, 0.3) is 5.52 Å². The molecular formula is C21H21ClN8O. The molecule has 0 bridgehead atoms. The van der Waals surface area contributed by atoms with Gasteiger partial charge in [-0.3, -0.25) is 9.89 Å². The molecule has 3 aromatic heterocycles. The fourth-order valence-electron chi connectivity index (χ4n) is 3.67. The number of piperazine rings is 1. The van der Waals surface area contributed by atoms with Crippen LogP contribution >= 0.6 is 11.6 Å². The molecule has 4 heterocycles. The molecule has 0 spiro atoms. The first kappa shape index (κ1) is 19.4. The van der Waals surface area contributed by atoms with Crippen LogP contribution in [0.5, 0.6) is 0 Å². The van der Waals surface area contributed by atoms with Crippen molar-refractivity contribution < 1.29 is 4.79 Å². The standard InChI is InChI=1S/C21H21ClN8O/c1-14-13-18(26-25-14)23-19-17-7-4-8-30(17)27-21(24-19)29-11-9-28(10-12-29)20(31)15-5-2-3-6-16(15)22/h2-8,13H,9-12H2,1H3,(H2,23,24,25,26,27). The Bertz CT molecular complexity index is 1240. The lowest BCUT2D eigenvalue weighted by Crippen LogP contribution is -2.49. The van der Waals surface area contributed by atoms with E-state index in [1.165, 1.54) is 0 Å². The van der Waals surface area contributed by atoms with Gasteiger partial charge in [-0.25, -0.2) is 4.52 Å². The topological polar surface area (TPSA) is 94.5 Å². The van der Waals surface area contributed by atoms with Crippen LogP contribution in [0.3, 0.4) is 0 Å². The van der Waals surface area contributed by atoms with E-state index >= 15 is 0 Å². The number of aromatic amines is 1. The van der Waals surface area contributed by atoms with Gasteiger partial charge in [-0.05, 0) is 31.2 Å². The van der Waals surface area contributed by atoms with Gasteiger partial charge in [-0.15, -0.1) is 5.10 Å². The molecule has 10 heteroatoms. The van der Waals surface area contributed by atoms with Crippen LogP contribution in [0.1, 0.15) is 16.1 Å². The van der Waals surface area contributed by atoms with E-state index in [1.54, 1.807) is 16.6 Å². The van der Waals surface area contributed by atoms with Gasteiger partial charge >= 0.3 is 0 Å². The summed E-state index contributed by atoms with van der Waals surface area (Å²) in [5.74, 6) is 1.92. The average Bonchev–Trinajstić information content (AvgIpc) is 3.42. The lowest BCUT2D eigenvalue weighted by molar-refractivity contribution is 0.0746. The number of aromatic nitrogens is 5. The van der Waals surface area contributed by atoms with Crippen molar-refractivity contribution in [2.24, 2.45) is 0 Å². The second kappa shape index (κ2) is 7.92. The normalized spacial score (nSPS) is 14.3. The Morgan fingerprint density at radius 1 is 1.13 bits per heavy atom. The highest BCUT2D eigenvalue weighted by Gasteiger charge is 2.25. The fourth-order valence-corrected chi connectivity index (χ4v) is 3.88. The van der Waals surface area contributed by atoms with Gasteiger partial charge in [-0.2, -0.15) is 10.1 Å². The molecular weight excluding hydrogens is 416 g/mol. The first-order valence-electron chi connectivity index (χ1n) is 10.0. The molecule has 1 amide bonds. The predicted molar refractivity (Wildman–Crippen MR) is 119 cm³/mol. The highest BCUT2D eigenvalue weighted by atomic mass is 35.5. The second-order valence-corrected chi connectivity index (χ2v) is 7.83. The van der Waals surface area contributed by atoms with Crippen LogP contribution in [0.2, 0.25) is 5.02 Å². The van der Waals surface area contributed by atoms with Gasteiger partial charge in [0.2, 0.25) is 5.95 Å². The molecule has 0 radical (unpaired) electrons. The Kier molecular flexibility index (Phi) is 4.95. The molecule has 0 aliphatic carbocycles. The molecule has 4 aromatic rings. The zero-order chi connectivity index (χ0) is 21.4. The van der Waals surface area contributed by atoms with Gasteiger partial charge in [0.15, 0.2) is 11.6 Å². The van der Waals surface area contributed by atoms with Crippen molar-refractivity contribution >= 4 is 40.6 Å². The number of nitrogens with one attached hydrogen (secondary N) is 2. The lowest BCUT2D eigenvalue weighted by atomic mass is 10.2. The number of anilines is 3. The van der Waals surface area contributed by atoms with E-state index in [4.69, 9.17) is 16.6 Å². The number of H-pyrrole nitrogens is 1. The maximum absolute atomic E-state index is 12.8. The molecule has 1 aromatic carbocycles. The second-order valence-electron chi connectivity index (χ2n) is 7.42. The van der Waals surface area contributed by atoms with E-state index in [1.807, 2.05) is 48.4 Å². The van der Waals surface area contributed by atoms with Crippen LogP contribution in [0.15, 0.2) is 48.7 Å². The molecule has 0 unspecified atom stereocenters. The fraction of sp³-hybridized carbons (Fsp3) is 0.238. The van der Waals surface area contributed by atoms with Crippen molar-refractivity contribution in [1.29, 1.82) is 0 Å². The Balaban J connectivity index is 1.35. The summed E-state index contributed by atoms with van der Waals surface area (Å²) in [6.45, 7) is 4.34. The van der Waals surface area contributed by atoms with Gasteiger partial charge in [0.05, 0.1) is 10.6 Å². The number of amides is 1. The van der Waals surface area contributed by atoms with E-state index in [-0.39, 0.29) is 5.91 Å². The minimum Gasteiger partial charge on any atom is -0.336 e. The number of carbonyl (C=O) groups is 1. The Hall–Kier alpha value is -3.59. The van der Waals surface area contributed by atoms with Crippen molar-refractivity contribution in [2.45, 2.75) is 6.92 Å². The maximum atomic E-state index is 12.8. The lowest BCUT2D eigenvalue weighted by Gasteiger charge is -2.35. The highest BCUT2D eigenvalue weighted by molar-refractivity contribution is 6.33. The molecule has 1 fully saturated rings. The van der Waals surface area contributed by atoms with E-state index in [0.717, 1.165) is 11.2 Å².